The first kappa shape index (κ1) is 11.0. The van der Waals surface area contributed by atoms with Crippen molar-refractivity contribution in [2.75, 3.05) is 6.54 Å². The molecule has 2 heterocycles. The molecule has 1 aromatic carbocycles. The van der Waals surface area contributed by atoms with Gasteiger partial charge in [0.15, 0.2) is 5.43 Å². The Balaban J connectivity index is 2.47. The first-order valence-corrected chi connectivity index (χ1v) is 6.48. The van der Waals surface area contributed by atoms with Gasteiger partial charge in [-0.15, -0.1) is 0 Å². The van der Waals surface area contributed by atoms with Crippen molar-refractivity contribution in [1.82, 2.24) is 9.88 Å². The van der Waals surface area contributed by atoms with Crippen molar-refractivity contribution in [3.05, 3.63) is 44.2 Å². The predicted molar refractivity (Wildman–Crippen MR) is 72.3 cm³/mol. The van der Waals surface area contributed by atoms with Crippen LogP contribution >= 0.6 is 15.9 Å². The minimum Gasteiger partial charge on any atom is -0.346 e. The lowest BCUT2D eigenvalue weighted by atomic mass is 10.0. The molecule has 2 aromatic rings. The van der Waals surface area contributed by atoms with Gasteiger partial charge < -0.3 is 9.88 Å². The molecule has 17 heavy (non-hydrogen) atoms. The molecule has 0 saturated heterocycles. The molecule has 1 aliphatic heterocycles. The number of fused-ring (bicyclic) bond motifs is 2. The topological polar surface area (TPSA) is 34.0 Å². The molecular formula is C13H13BrN2O. The van der Waals surface area contributed by atoms with E-state index in [-0.39, 0.29) is 5.43 Å². The van der Waals surface area contributed by atoms with Crippen molar-refractivity contribution in [1.29, 1.82) is 0 Å². The minimum absolute atomic E-state index is 0.196. The van der Waals surface area contributed by atoms with Crippen molar-refractivity contribution in [2.24, 2.45) is 7.05 Å². The molecule has 3 rings (SSSR count). The fourth-order valence-electron chi connectivity index (χ4n) is 2.52. The van der Waals surface area contributed by atoms with Crippen LogP contribution in [0.2, 0.25) is 0 Å². The van der Waals surface area contributed by atoms with Crippen LogP contribution in [-0.4, -0.2) is 11.1 Å². The van der Waals surface area contributed by atoms with E-state index in [0.717, 1.165) is 46.1 Å². The Hall–Kier alpha value is -1.13. The number of nitrogens with one attached hydrogen (secondary N) is 1. The molecule has 1 N–H and O–H groups in total. The van der Waals surface area contributed by atoms with Crippen molar-refractivity contribution < 1.29 is 0 Å². The molecule has 0 saturated carbocycles. The maximum Gasteiger partial charge on any atom is 0.192 e. The average molecular weight is 293 g/mol. The molecule has 0 aliphatic carbocycles. The van der Waals surface area contributed by atoms with E-state index in [0.29, 0.717) is 0 Å². The highest BCUT2D eigenvalue weighted by Crippen LogP contribution is 2.21. The standard InChI is InChI=1S/C13H13BrN2O/c1-16-11-6-8(14)2-3-9(11)13(17)10-4-5-15-7-12(10)16/h2-3,6,15H,4-5,7H2,1H3. The number of aromatic nitrogens is 1. The number of hydrogen-bond acceptors (Lipinski definition) is 2. The number of rotatable bonds is 0. The van der Waals surface area contributed by atoms with Crippen LogP contribution in [0.25, 0.3) is 10.9 Å². The summed E-state index contributed by atoms with van der Waals surface area (Å²) in [4.78, 5) is 12.4. The maximum atomic E-state index is 12.4. The van der Waals surface area contributed by atoms with E-state index >= 15 is 0 Å². The second-order valence-corrected chi connectivity index (χ2v) is 5.32. The molecule has 88 valence electrons. The van der Waals surface area contributed by atoms with Crippen LogP contribution in [0.5, 0.6) is 0 Å². The van der Waals surface area contributed by atoms with E-state index in [4.69, 9.17) is 0 Å². The van der Waals surface area contributed by atoms with E-state index in [1.165, 1.54) is 0 Å². The van der Waals surface area contributed by atoms with Gasteiger partial charge in [-0.05, 0) is 31.2 Å². The van der Waals surface area contributed by atoms with Crippen LogP contribution < -0.4 is 10.7 Å². The first-order chi connectivity index (χ1) is 8.18. The molecule has 1 aromatic heterocycles. The van der Waals surface area contributed by atoms with E-state index in [2.05, 4.69) is 25.8 Å². The summed E-state index contributed by atoms with van der Waals surface area (Å²) >= 11 is 3.46. The number of halogens is 1. The van der Waals surface area contributed by atoms with Crippen LogP contribution in [0, 0.1) is 0 Å². The zero-order valence-corrected chi connectivity index (χ0v) is 11.2. The summed E-state index contributed by atoms with van der Waals surface area (Å²) in [7, 11) is 2.03. The number of nitrogens with zero attached hydrogens (tertiary/aromatic N) is 1. The lowest BCUT2D eigenvalue weighted by Gasteiger charge is -2.21. The third kappa shape index (κ3) is 1.63. The van der Waals surface area contributed by atoms with Crippen LogP contribution in [0.4, 0.5) is 0 Å². The lowest BCUT2D eigenvalue weighted by Crippen LogP contribution is -2.32. The number of benzene rings is 1. The van der Waals surface area contributed by atoms with Gasteiger partial charge in [-0.2, -0.15) is 0 Å². The Kier molecular flexibility index (Phi) is 2.56. The quantitative estimate of drug-likeness (QED) is 0.805. The van der Waals surface area contributed by atoms with Crippen LogP contribution in [0.1, 0.15) is 11.3 Å². The maximum absolute atomic E-state index is 12.4. The molecule has 0 fully saturated rings. The van der Waals surface area contributed by atoms with Gasteiger partial charge in [0, 0.05) is 34.7 Å². The van der Waals surface area contributed by atoms with Gasteiger partial charge in [0.1, 0.15) is 0 Å². The summed E-state index contributed by atoms with van der Waals surface area (Å²) < 4.78 is 3.13. The molecule has 3 nitrogen and oxygen atoms in total. The Morgan fingerprint density at radius 3 is 3.06 bits per heavy atom. The van der Waals surface area contributed by atoms with Crippen LogP contribution in [-0.2, 0) is 20.0 Å². The van der Waals surface area contributed by atoms with Gasteiger partial charge in [-0.3, -0.25) is 4.79 Å². The number of hydrogen-bond donors (Lipinski definition) is 1. The van der Waals surface area contributed by atoms with Crippen molar-refractivity contribution in [2.45, 2.75) is 13.0 Å². The van der Waals surface area contributed by atoms with Gasteiger partial charge in [-0.25, -0.2) is 0 Å². The van der Waals surface area contributed by atoms with Crippen molar-refractivity contribution in [3.8, 4) is 0 Å². The third-order valence-electron chi connectivity index (χ3n) is 3.44. The predicted octanol–water partition coefficient (Wildman–Crippen LogP) is 1.95. The fraction of sp³-hybridized carbons (Fsp3) is 0.308. The summed E-state index contributed by atoms with van der Waals surface area (Å²) in [5.74, 6) is 0. The zero-order valence-electron chi connectivity index (χ0n) is 9.59. The Bertz CT molecular complexity index is 660. The second-order valence-electron chi connectivity index (χ2n) is 4.40. The Labute approximate surface area is 108 Å². The highest BCUT2D eigenvalue weighted by atomic mass is 79.9. The Morgan fingerprint density at radius 2 is 2.24 bits per heavy atom. The fourth-order valence-corrected chi connectivity index (χ4v) is 2.87. The molecule has 0 radical (unpaired) electrons. The highest BCUT2D eigenvalue weighted by Gasteiger charge is 2.17. The number of pyridine rings is 1. The zero-order chi connectivity index (χ0) is 12.0. The molecule has 0 amide bonds. The summed E-state index contributed by atoms with van der Waals surface area (Å²) in [5, 5.41) is 4.13. The highest BCUT2D eigenvalue weighted by molar-refractivity contribution is 9.10. The molecule has 0 bridgehead atoms. The normalized spacial score (nSPS) is 14.9. The summed E-state index contributed by atoms with van der Waals surface area (Å²) in [6, 6.07) is 5.84. The lowest BCUT2D eigenvalue weighted by molar-refractivity contribution is 0.601. The van der Waals surface area contributed by atoms with E-state index in [9.17, 15) is 4.79 Å². The van der Waals surface area contributed by atoms with E-state index < -0.39 is 0 Å². The van der Waals surface area contributed by atoms with Gasteiger partial charge in [-0.1, -0.05) is 15.9 Å². The third-order valence-corrected chi connectivity index (χ3v) is 3.93. The van der Waals surface area contributed by atoms with Crippen molar-refractivity contribution in [3.63, 3.8) is 0 Å². The molecule has 4 heteroatoms. The number of aryl methyl sites for hydroxylation is 1. The summed E-state index contributed by atoms with van der Waals surface area (Å²) in [5.41, 5.74) is 3.28. The monoisotopic (exact) mass is 292 g/mol. The molecule has 0 unspecified atom stereocenters. The minimum atomic E-state index is 0.196. The Morgan fingerprint density at radius 1 is 1.41 bits per heavy atom. The summed E-state index contributed by atoms with van der Waals surface area (Å²) in [6.07, 6.45) is 0.827. The summed E-state index contributed by atoms with van der Waals surface area (Å²) in [6.45, 7) is 1.67. The smallest absolute Gasteiger partial charge is 0.192 e. The first-order valence-electron chi connectivity index (χ1n) is 5.69. The van der Waals surface area contributed by atoms with E-state index in [1.807, 2.05) is 25.2 Å². The van der Waals surface area contributed by atoms with Gasteiger partial charge >= 0.3 is 0 Å². The van der Waals surface area contributed by atoms with E-state index in [1.54, 1.807) is 0 Å². The molecule has 0 atom stereocenters. The molecular weight excluding hydrogens is 280 g/mol. The largest absolute Gasteiger partial charge is 0.346 e. The second kappa shape index (κ2) is 3.96. The van der Waals surface area contributed by atoms with Gasteiger partial charge in [0.25, 0.3) is 0 Å². The molecule has 1 aliphatic rings. The molecule has 0 spiro atoms. The van der Waals surface area contributed by atoms with Crippen LogP contribution in [0.3, 0.4) is 0 Å². The average Bonchev–Trinajstić information content (AvgIpc) is 2.36. The SMILES string of the molecule is Cn1c2c(c(=O)c3ccc(Br)cc31)CCNC2. The van der Waals surface area contributed by atoms with Crippen molar-refractivity contribution >= 4 is 26.8 Å². The van der Waals surface area contributed by atoms with Gasteiger partial charge in [0.05, 0.1) is 5.52 Å². The van der Waals surface area contributed by atoms with Gasteiger partial charge in [0.2, 0.25) is 0 Å². The van der Waals surface area contributed by atoms with Crippen LogP contribution in [0.15, 0.2) is 27.5 Å².